The summed E-state index contributed by atoms with van der Waals surface area (Å²) in [5.41, 5.74) is 2.08. The molecule has 2 aromatic carbocycles. The van der Waals surface area contributed by atoms with Gasteiger partial charge in [-0.05, 0) is 11.1 Å². The van der Waals surface area contributed by atoms with Crippen LogP contribution in [0, 0.1) is 5.92 Å². The second kappa shape index (κ2) is 5.11. The van der Waals surface area contributed by atoms with Gasteiger partial charge in [0.1, 0.15) is 0 Å². The molecule has 0 radical (unpaired) electrons. The zero-order chi connectivity index (χ0) is 16.3. The summed E-state index contributed by atoms with van der Waals surface area (Å²) in [6.07, 6.45) is 6.26. The molecule has 5 rings (SSSR count). The zero-order valence-corrected chi connectivity index (χ0v) is 14.5. The van der Waals surface area contributed by atoms with Gasteiger partial charge in [-0.25, -0.2) is 0 Å². The van der Waals surface area contributed by atoms with Crippen LogP contribution < -0.4 is 0 Å². The second-order valence-corrected chi connectivity index (χ2v) is 9.86. The fourth-order valence-electron chi connectivity index (χ4n) is 4.29. The summed E-state index contributed by atoms with van der Waals surface area (Å²) in [6.45, 7) is 0. The minimum Gasteiger partial charge on any atom is -0.258 e. The highest BCUT2D eigenvalue weighted by Gasteiger charge is 2.65. The van der Waals surface area contributed by atoms with Crippen molar-refractivity contribution in [2.45, 2.75) is 15.2 Å². The molecule has 2 nitrogen and oxygen atoms in total. The lowest BCUT2D eigenvalue weighted by Crippen LogP contribution is -2.34. The molecule has 3 aliphatic rings. The molecule has 4 heteroatoms. The summed E-state index contributed by atoms with van der Waals surface area (Å²) >= 11 is 0. The smallest absolute Gasteiger partial charge is 0.0968 e. The van der Waals surface area contributed by atoms with Crippen molar-refractivity contribution < 1.29 is 8.42 Å². The van der Waals surface area contributed by atoms with E-state index in [0.717, 1.165) is 16.0 Å². The van der Waals surface area contributed by atoms with Gasteiger partial charge in [0.15, 0.2) is 0 Å². The predicted molar refractivity (Wildman–Crippen MR) is 99.0 cm³/mol. The van der Waals surface area contributed by atoms with E-state index in [-0.39, 0.29) is 16.4 Å². The molecular weight excluding hydrogens is 336 g/mol. The molecule has 120 valence electrons. The summed E-state index contributed by atoms with van der Waals surface area (Å²) < 4.78 is 25.8. The summed E-state index contributed by atoms with van der Waals surface area (Å²) in [5.74, 6) is 0.0340. The molecule has 2 unspecified atom stereocenters. The Kier molecular flexibility index (Phi) is 3.10. The SMILES string of the molecule is O=S1C2C=C[C@@]1(c1ccccc1)[C@H]1C=C(c3ccccc3)[S@@](=O)[C@@H]21. The van der Waals surface area contributed by atoms with Gasteiger partial charge >= 0.3 is 0 Å². The lowest BCUT2D eigenvalue weighted by molar-refractivity contribution is 0.531. The summed E-state index contributed by atoms with van der Waals surface area (Å²) in [7, 11) is -2.18. The number of benzene rings is 2. The second-order valence-electron chi connectivity index (χ2n) is 6.47. The first-order chi connectivity index (χ1) is 11.7. The van der Waals surface area contributed by atoms with Crippen molar-refractivity contribution >= 4 is 26.5 Å². The minimum absolute atomic E-state index is 0.0340. The Balaban J connectivity index is 1.69. The van der Waals surface area contributed by atoms with Gasteiger partial charge in [-0.3, -0.25) is 8.42 Å². The third-order valence-electron chi connectivity index (χ3n) is 5.36. The van der Waals surface area contributed by atoms with Crippen molar-refractivity contribution in [2.75, 3.05) is 0 Å². The normalized spacial score (nSPS) is 39.0. The van der Waals surface area contributed by atoms with Crippen LogP contribution in [0.1, 0.15) is 11.1 Å². The van der Waals surface area contributed by atoms with Crippen molar-refractivity contribution in [2.24, 2.45) is 5.92 Å². The van der Waals surface area contributed by atoms with E-state index in [0.29, 0.717) is 0 Å². The first kappa shape index (κ1) is 14.6. The van der Waals surface area contributed by atoms with Crippen LogP contribution >= 0.6 is 0 Å². The fraction of sp³-hybridized carbons (Fsp3) is 0.200. The molecule has 2 aromatic rings. The van der Waals surface area contributed by atoms with Gasteiger partial charge in [0.2, 0.25) is 0 Å². The quantitative estimate of drug-likeness (QED) is 0.777. The number of hydrogen-bond donors (Lipinski definition) is 0. The molecule has 3 heterocycles. The van der Waals surface area contributed by atoms with Crippen molar-refractivity contribution in [1.82, 2.24) is 0 Å². The van der Waals surface area contributed by atoms with E-state index in [1.165, 1.54) is 0 Å². The lowest BCUT2D eigenvalue weighted by atomic mass is 9.79. The fourth-order valence-corrected chi connectivity index (χ4v) is 8.97. The van der Waals surface area contributed by atoms with Crippen molar-refractivity contribution in [1.29, 1.82) is 0 Å². The molecule has 0 N–H and O–H groups in total. The Hall–Kier alpha value is -1.78. The summed E-state index contributed by atoms with van der Waals surface area (Å²) in [6, 6.07) is 20.0. The van der Waals surface area contributed by atoms with Crippen LogP contribution in [0.3, 0.4) is 0 Å². The standard InChI is InChI=1S/C20H16O2S2/c21-23-18(14-7-3-1-4-8-14)13-16-19(23)17-11-12-20(16,24(17)22)15-9-5-2-6-10-15/h1-13,16-17,19H/t16-,17?,19+,20+,23+,24?/m0/s1. The van der Waals surface area contributed by atoms with E-state index >= 15 is 0 Å². The first-order valence-corrected chi connectivity index (χ1v) is 10.5. The molecule has 0 aliphatic carbocycles. The van der Waals surface area contributed by atoms with E-state index in [2.05, 4.69) is 12.2 Å². The molecule has 3 aliphatic heterocycles. The highest BCUT2D eigenvalue weighted by atomic mass is 32.2. The van der Waals surface area contributed by atoms with E-state index in [1.54, 1.807) is 0 Å². The van der Waals surface area contributed by atoms with Crippen LogP contribution in [0.4, 0.5) is 0 Å². The van der Waals surface area contributed by atoms with Crippen LogP contribution in [0.5, 0.6) is 0 Å². The van der Waals surface area contributed by atoms with Crippen molar-refractivity contribution in [3.63, 3.8) is 0 Å². The number of allylic oxidation sites excluding steroid dienone is 1. The van der Waals surface area contributed by atoms with Crippen LogP contribution in [0.15, 0.2) is 78.9 Å². The molecular formula is C20H16O2S2. The van der Waals surface area contributed by atoms with Crippen LogP contribution in [0.25, 0.3) is 4.91 Å². The van der Waals surface area contributed by atoms with Gasteiger partial charge < -0.3 is 0 Å². The largest absolute Gasteiger partial charge is 0.258 e. The average molecular weight is 352 g/mol. The Morgan fingerprint density at radius 3 is 2.25 bits per heavy atom. The molecule has 6 atom stereocenters. The Bertz CT molecular complexity index is 917. The van der Waals surface area contributed by atoms with Gasteiger partial charge in [-0.15, -0.1) is 0 Å². The molecule has 0 saturated carbocycles. The average Bonchev–Trinajstić information content (AvgIpc) is 3.23. The van der Waals surface area contributed by atoms with Gasteiger partial charge in [0, 0.05) is 21.6 Å². The maximum atomic E-state index is 13.2. The van der Waals surface area contributed by atoms with E-state index in [4.69, 9.17) is 0 Å². The molecule has 2 bridgehead atoms. The number of hydrogen-bond acceptors (Lipinski definition) is 2. The number of fused-ring (bicyclic) bond motifs is 5. The lowest BCUT2D eigenvalue weighted by Gasteiger charge is -2.29. The molecule has 1 saturated heterocycles. The molecule has 0 spiro atoms. The van der Waals surface area contributed by atoms with Gasteiger partial charge in [-0.1, -0.05) is 78.9 Å². The summed E-state index contributed by atoms with van der Waals surface area (Å²) in [4.78, 5) is 0.899. The van der Waals surface area contributed by atoms with Crippen LogP contribution in [0.2, 0.25) is 0 Å². The van der Waals surface area contributed by atoms with Crippen molar-refractivity contribution in [3.05, 3.63) is 90.0 Å². The Morgan fingerprint density at radius 2 is 1.54 bits per heavy atom. The number of rotatable bonds is 2. The summed E-state index contributed by atoms with van der Waals surface area (Å²) in [5, 5.41) is -0.195. The zero-order valence-electron chi connectivity index (χ0n) is 12.9. The molecule has 0 aromatic heterocycles. The highest BCUT2D eigenvalue weighted by Crippen LogP contribution is 2.59. The van der Waals surface area contributed by atoms with Crippen LogP contribution in [-0.4, -0.2) is 18.9 Å². The predicted octanol–water partition coefficient (Wildman–Crippen LogP) is 3.37. The first-order valence-electron chi connectivity index (χ1n) is 8.07. The van der Waals surface area contributed by atoms with E-state index in [9.17, 15) is 8.42 Å². The maximum absolute atomic E-state index is 13.2. The van der Waals surface area contributed by atoms with Gasteiger partial charge in [-0.2, -0.15) is 0 Å². The van der Waals surface area contributed by atoms with E-state index < -0.39 is 26.3 Å². The van der Waals surface area contributed by atoms with Gasteiger partial charge in [0.25, 0.3) is 0 Å². The third kappa shape index (κ3) is 1.70. The minimum atomic E-state index is -1.12. The maximum Gasteiger partial charge on any atom is 0.0968 e. The topological polar surface area (TPSA) is 34.1 Å². The molecule has 0 amide bonds. The van der Waals surface area contributed by atoms with Crippen molar-refractivity contribution in [3.8, 4) is 0 Å². The van der Waals surface area contributed by atoms with E-state index in [1.807, 2.05) is 66.7 Å². The van der Waals surface area contributed by atoms with Crippen LogP contribution in [-0.2, 0) is 26.3 Å². The monoisotopic (exact) mass is 352 g/mol. The molecule has 1 fully saturated rings. The van der Waals surface area contributed by atoms with Gasteiger partial charge in [0.05, 0.1) is 26.0 Å². The Morgan fingerprint density at radius 1 is 0.875 bits per heavy atom. The Labute approximate surface area is 146 Å². The highest BCUT2D eigenvalue weighted by molar-refractivity contribution is 7.97. The molecule has 24 heavy (non-hydrogen) atoms. The third-order valence-corrected chi connectivity index (χ3v) is 9.68.